The van der Waals surface area contributed by atoms with Crippen molar-refractivity contribution in [3.05, 3.63) is 93.9 Å². The molecule has 0 saturated heterocycles. The lowest BCUT2D eigenvalue weighted by molar-refractivity contribution is -0.137. The first-order chi connectivity index (χ1) is 13.8. The number of anilines is 1. The summed E-state index contributed by atoms with van der Waals surface area (Å²) < 4.78 is 52.7. The molecule has 0 aliphatic heterocycles. The van der Waals surface area contributed by atoms with Crippen molar-refractivity contribution in [2.75, 3.05) is 5.32 Å². The number of pyridine rings is 2. The van der Waals surface area contributed by atoms with Gasteiger partial charge in [0, 0.05) is 12.4 Å². The predicted molar refractivity (Wildman–Crippen MR) is 96.7 cm³/mol. The molecule has 3 aromatic rings. The van der Waals surface area contributed by atoms with Crippen LogP contribution >= 0.6 is 0 Å². The van der Waals surface area contributed by atoms with Crippen molar-refractivity contribution in [1.82, 2.24) is 15.3 Å². The van der Waals surface area contributed by atoms with Crippen LogP contribution in [0.4, 0.5) is 28.0 Å². The van der Waals surface area contributed by atoms with Crippen LogP contribution in [0.1, 0.15) is 22.9 Å². The molecule has 0 aliphatic rings. The predicted octanol–water partition coefficient (Wildman–Crippen LogP) is 3.84. The molecule has 0 unspecified atom stereocenters. The van der Waals surface area contributed by atoms with Crippen molar-refractivity contribution in [3.63, 3.8) is 0 Å². The first-order valence-corrected chi connectivity index (χ1v) is 8.28. The van der Waals surface area contributed by atoms with E-state index in [4.69, 9.17) is 0 Å². The average molecular weight is 406 g/mol. The lowest BCUT2D eigenvalue weighted by Crippen LogP contribution is -2.35. The Morgan fingerprint density at radius 2 is 1.79 bits per heavy atom. The number of amides is 2. The van der Waals surface area contributed by atoms with Crippen molar-refractivity contribution >= 4 is 11.7 Å². The van der Waals surface area contributed by atoms with Gasteiger partial charge in [-0.05, 0) is 42.0 Å². The highest BCUT2D eigenvalue weighted by atomic mass is 19.4. The number of carbonyl (C=O) groups excluding carboxylic acids is 1. The summed E-state index contributed by atoms with van der Waals surface area (Å²) in [6.07, 6.45) is -1.87. The number of hydrogen-bond acceptors (Lipinski definition) is 3. The Bertz CT molecular complexity index is 1060. The topological polar surface area (TPSA) is 86.9 Å². The zero-order valence-corrected chi connectivity index (χ0v) is 14.6. The minimum absolute atomic E-state index is 0.0577. The third-order valence-electron chi connectivity index (χ3n) is 3.97. The normalized spacial score (nSPS) is 12.3. The summed E-state index contributed by atoms with van der Waals surface area (Å²) in [4.78, 5) is 30.3. The van der Waals surface area contributed by atoms with Crippen LogP contribution in [0.25, 0.3) is 0 Å². The van der Waals surface area contributed by atoms with Crippen LogP contribution in [0.15, 0.2) is 65.7 Å². The summed E-state index contributed by atoms with van der Waals surface area (Å²) in [6, 6.07) is 7.13. The minimum Gasteiger partial charge on any atom is -0.327 e. The zero-order chi connectivity index (χ0) is 21.0. The molecule has 29 heavy (non-hydrogen) atoms. The van der Waals surface area contributed by atoms with Crippen molar-refractivity contribution in [2.45, 2.75) is 12.2 Å². The van der Waals surface area contributed by atoms with Crippen LogP contribution in [0.3, 0.4) is 0 Å². The van der Waals surface area contributed by atoms with Gasteiger partial charge in [-0.15, -0.1) is 0 Å². The molecule has 0 bridgehead atoms. The highest BCUT2D eigenvalue weighted by Gasteiger charge is 2.31. The number of nitrogens with one attached hydrogen (secondary N) is 3. The largest absolute Gasteiger partial charge is 0.416 e. The molecule has 0 radical (unpaired) electrons. The zero-order valence-electron chi connectivity index (χ0n) is 14.6. The molecule has 10 heteroatoms. The SMILES string of the molecule is O=C(Nc1ccc[nH]c1=O)N[C@@H](c1ccc(C(F)(F)F)cc1)c1ncccc1F. The summed E-state index contributed by atoms with van der Waals surface area (Å²) in [5.41, 5.74) is -1.52. The maximum absolute atomic E-state index is 14.3. The lowest BCUT2D eigenvalue weighted by Gasteiger charge is -2.20. The summed E-state index contributed by atoms with van der Waals surface area (Å²) in [7, 11) is 0. The molecule has 0 aliphatic carbocycles. The molecule has 3 N–H and O–H groups in total. The fourth-order valence-corrected chi connectivity index (χ4v) is 2.59. The molecule has 0 spiro atoms. The van der Waals surface area contributed by atoms with Gasteiger partial charge in [0.25, 0.3) is 5.56 Å². The third kappa shape index (κ3) is 4.78. The number of carbonyl (C=O) groups is 1. The fourth-order valence-electron chi connectivity index (χ4n) is 2.59. The van der Waals surface area contributed by atoms with E-state index in [9.17, 15) is 27.2 Å². The number of H-pyrrole nitrogens is 1. The minimum atomic E-state index is -4.54. The maximum Gasteiger partial charge on any atom is 0.416 e. The van der Waals surface area contributed by atoms with Crippen molar-refractivity contribution in [2.24, 2.45) is 0 Å². The molecule has 2 heterocycles. The van der Waals surface area contributed by atoms with Crippen LogP contribution in [-0.2, 0) is 6.18 Å². The van der Waals surface area contributed by atoms with Gasteiger partial charge in [-0.1, -0.05) is 12.1 Å². The quantitative estimate of drug-likeness (QED) is 0.576. The van der Waals surface area contributed by atoms with Crippen molar-refractivity contribution < 1.29 is 22.4 Å². The monoisotopic (exact) mass is 406 g/mol. The highest BCUT2D eigenvalue weighted by Crippen LogP contribution is 2.31. The average Bonchev–Trinajstić information content (AvgIpc) is 2.68. The second-order valence-corrected chi connectivity index (χ2v) is 5.93. The Morgan fingerprint density at radius 1 is 1.07 bits per heavy atom. The van der Waals surface area contributed by atoms with Gasteiger partial charge in [-0.3, -0.25) is 9.78 Å². The van der Waals surface area contributed by atoms with E-state index in [-0.39, 0.29) is 16.9 Å². The van der Waals surface area contributed by atoms with Crippen molar-refractivity contribution in [3.8, 4) is 0 Å². The van der Waals surface area contributed by atoms with Gasteiger partial charge >= 0.3 is 12.2 Å². The number of hydrogen-bond donors (Lipinski definition) is 3. The molecule has 6 nitrogen and oxygen atoms in total. The highest BCUT2D eigenvalue weighted by molar-refractivity contribution is 5.89. The van der Waals surface area contributed by atoms with E-state index in [0.29, 0.717) is 0 Å². The number of rotatable bonds is 4. The molecule has 2 aromatic heterocycles. The molecule has 150 valence electrons. The van der Waals surface area contributed by atoms with Gasteiger partial charge in [0.05, 0.1) is 5.56 Å². The van der Waals surface area contributed by atoms with E-state index < -0.39 is 35.2 Å². The second-order valence-electron chi connectivity index (χ2n) is 5.93. The second kappa shape index (κ2) is 8.13. The molecule has 0 fully saturated rings. The lowest BCUT2D eigenvalue weighted by atomic mass is 10.0. The molecule has 3 rings (SSSR count). The molecule has 0 saturated carbocycles. The number of halogens is 4. The summed E-state index contributed by atoms with van der Waals surface area (Å²) in [5.74, 6) is -0.754. The fraction of sp³-hybridized carbons (Fsp3) is 0.105. The van der Waals surface area contributed by atoms with Gasteiger partial charge in [-0.25, -0.2) is 9.18 Å². The summed E-state index contributed by atoms with van der Waals surface area (Å²) >= 11 is 0. The number of urea groups is 1. The van der Waals surface area contributed by atoms with Crippen LogP contribution < -0.4 is 16.2 Å². The Hall–Kier alpha value is -3.69. The van der Waals surface area contributed by atoms with Gasteiger partial charge in [-0.2, -0.15) is 13.2 Å². The molecule has 2 amide bonds. The number of alkyl halides is 3. The molecule has 1 atom stereocenters. The number of aromatic nitrogens is 2. The van der Waals surface area contributed by atoms with E-state index in [1.54, 1.807) is 0 Å². The Morgan fingerprint density at radius 3 is 2.41 bits per heavy atom. The molecule has 1 aromatic carbocycles. The third-order valence-corrected chi connectivity index (χ3v) is 3.97. The van der Waals surface area contributed by atoms with Crippen molar-refractivity contribution in [1.29, 1.82) is 0 Å². The number of aromatic amines is 1. The standard InChI is InChI=1S/C19H14F4N4O2/c20-13-3-1-9-24-16(13)15(11-5-7-12(8-6-11)19(21,22)23)27-18(29)26-14-4-2-10-25-17(14)28/h1-10,15H,(H,25,28)(H2,26,27,29)/t15-/m0/s1. The number of nitrogens with zero attached hydrogens (tertiary/aromatic N) is 1. The maximum atomic E-state index is 14.3. The first-order valence-electron chi connectivity index (χ1n) is 8.28. The number of benzene rings is 1. The Labute approximate surface area is 161 Å². The van der Waals surface area contributed by atoms with E-state index in [2.05, 4.69) is 20.6 Å². The Kier molecular flexibility index (Phi) is 5.62. The van der Waals surface area contributed by atoms with Gasteiger partial charge in [0.1, 0.15) is 23.2 Å². The van der Waals surface area contributed by atoms with E-state index in [0.717, 1.165) is 30.3 Å². The van der Waals surface area contributed by atoms with E-state index >= 15 is 0 Å². The molecular formula is C19H14F4N4O2. The molecular weight excluding hydrogens is 392 g/mol. The smallest absolute Gasteiger partial charge is 0.327 e. The van der Waals surface area contributed by atoms with Crippen LogP contribution in [0.5, 0.6) is 0 Å². The van der Waals surface area contributed by atoms with Gasteiger partial charge < -0.3 is 15.6 Å². The first kappa shape index (κ1) is 20.1. The van der Waals surface area contributed by atoms with Crippen LogP contribution in [-0.4, -0.2) is 16.0 Å². The van der Waals surface area contributed by atoms with E-state index in [1.165, 1.54) is 30.6 Å². The summed E-state index contributed by atoms with van der Waals surface area (Å²) in [5, 5.41) is 4.75. The van der Waals surface area contributed by atoms with Crippen LogP contribution in [0, 0.1) is 5.82 Å². The summed E-state index contributed by atoms with van der Waals surface area (Å²) in [6.45, 7) is 0. The van der Waals surface area contributed by atoms with Crippen LogP contribution in [0.2, 0.25) is 0 Å². The van der Waals surface area contributed by atoms with Gasteiger partial charge in [0.15, 0.2) is 0 Å². The Balaban J connectivity index is 1.92. The van der Waals surface area contributed by atoms with Gasteiger partial charge in [0.2, 0.25) is 0 Å². The van der Waals surface area contributed by atoms with E-state index in [1.807, 2.05) is 0 Å².